The molecule has 0 fully saturated rings. The monoisotopic (exact) mass is 346 g/mol. The number of nitrogens with one attached hydrogen (secondary N) is 2. The van der Waals surface area contributed by atoms with Crippen LogP contribution in [-0.2, 0) is 13.6 Å². The fourth-order valence-corrected chi connectivity index (χ4v) is 2.88. The quantitative estimate of drug-likeness (QED) is 0.596. The van der Waals surface area contributed by atoms with Gasteiger partial charge in [0.25, 0.3) is 0 Å². The molecule has 4 aromatic rings. The molecule has 0 spiro atoms. The van der Waals surface area contributed by atoms with Crippen molar-refractivity contribution in [1.29, 1.82) is 0 Å². The second kappa shape index (κ2) is 6.72. The molecule has 0 saturated carbocycles. The molecule has 0 atom stereocenters. The van der Waals surface area contributed by atoms with E-state index in [0.29, 0.717) is 6.54 Å². The van der Waals surface area contributed by atoms with Crippen LogP contribution < -0.4 is 10.6 Å². The fourth-order valence-electron chi connectivity index (χ4n) is 2.88. The van der Waals surface area contributed by atoms with Crippen molar-refractivity contribution < 1.29 is 4.79 Å². The smallest absolute Gasteiger partial charge is 0.319 e. The number of imidazole rings is 1. The number of hydrogen-bond acceptors (Lipinski definition) is 3. The summed E-state index contributed by atoms with van der Waals surface area (Å²) in [6.45, 7) is 0.361. The Balaban J connectivity index is 1.45. The van der Waals surface area contributed by atoms with Gasteiger partial charge >= 0.3 is 6.03 Å². The van der Waals surface area contributed by atoms with Gasteiger partial charge in [-0.25, -0.2) is 14.8 Å². The summed E-state index contributed by atoms with van der Waals surface area (Å²) in [7, 11) is 1.98. The van der Waals surface area contributed by atoms with Crippen LogP contribution in [-0.4, -0.2) is 25.1 Å². The predicted octanol–water partition coefficient (Wildman–Crippen LogP) is 3.08. The topological polar surface area (TPSA) is 76.8 Å². The summed E-state index contributed by atoms with van der Waals surface area (Å²) in [5, 5.41) is 6.89. The number of benzene rings is 1. The summed E-state index contributed by atoms with van der Waals surface area (Å²) in [4.78, 5) is 20.7. The maximum absolute atomic E-state index is 12.3. The molecule has 0 aliphatic rings. The van der Waals surface area contributed by atoms with Crippen LogP contribution >= 0.6 is 0 Å². The summed E-state index contributed by atoms with van der Waals surface area (Å²) in [6, 6.07) is 11.4. The number of hydrogen-bond donors (Lipinski definition) is 2. The first kappa shape index (κ1) is 15.9. The molecule has 7 nitrogen and oxygen atoms in total. The molecule has 0 aliphatic carbocycles. The summed E-state index contributed by atoms with van der Waals surface area (Å²) < 4.78 is 3.84. The van der Waals surface area contributed by atoms with E-state index in [1.54, 1.807) is 18.7 Å². The van der Waals surface area contributed by atoms with E-state index in [1.165, 1.54) is 0 Å². The number of aryl methyl sites for hydroxylation is 1. The first-order valence-electron chi connectivity index (χ1n) is 8.23. The van der Waals surface area contributed by atoms with Gasteiger partial charge in [-0.1, -0.05) is 12.1 Å². The van der Waals surface area contributed by atoms with Crippen LogP contribution in [0.25, 0.3) is 16.7 Å². The highest BCUT2D eigenvalue weighted by Crippen LogP contribution is 2.19. The van der Waals surface area contributed by atoms with Crippen LogP contribution in [0.3, 0.4) is 0 Å². The molecule has 3 heterocycles. The lowest BCUT2D eigenvalue weighted by atomic mass is 10.2. The van der Waals surface area contributed by atoms with Crippen LogP contribution in [0.5, 0.6) is 0 Å². The molecule has 4 rings (SSSR count). The summed E-state index contributed by atoms with van der Waals surface area (Å²) in [6.07, 6.45) is 8.91. The number of urea groups is 1. The predicted molar refractivity (Wildman–Crippen MR) is 100 cm³/mol. The fraction of sp³-hybridized carbons (Fsp3) is 0.105. The molecule has 2 amide bonds. The van der Waals surface area contributed by atoms with Gasteiger partial charge in [0.05, 0.1) is 0 Å². The van der Waals surface area contributed by atoms with Crippen molar-refractivity contribution in [3.63, 3.8) is 0 Å². The van der Waals surface area contributed by atoms with Crippen LogP contribution in [0, 0.1) is 0 Å². The summed E-state index contributed by atoms with van der Waals surface area (Å²) in [5.41, 5.74) is 2.72. The first-order chi connectivity index (χ1) is 12.7. The lowest BCUT2D eigenvalue weighted by Gasteiger charge is -2.11. The lowest BCUT2D eigenvalue weighted by molar-refractivity contribution is 0.251. The van der Waals surface area contributed by atoms with Gasteiger partial charge in [0.2, 0.25) is 0 Å². The molecule has 1 aromatic carbocycles. The molecular formula is C19H18N6O. The molecule has 0 aliphatic heterocycles. The molecule has 2 N–H and O–H groups in total. The number of carbonyl (C=O) groups excluding carboxylic acids is 1. The van der Waals surface area contributed by atoms with Gasteiger partial charge in [0, 0.05) is 55.1 Å². The Morgan fingerprint density at radius 2 is 2.08 bits per heavy atom. The largest absolute Gasteiger partial charge is 0.350 e. The zero-order chi connectivity index (χ0) is 17.9. The number of aromatic nitrogens is 4. The van der Waals surface area contributed by atoms with E-state index in [4.69, 9.17) is 0 Å². The van der Waals surface area contributed by atoms with Gasteiger partial charge in [0.15, 0.2) is 0 Å². The number of pyridine rings is 1. The van der Waals surface area contributed by atoms with E-state index < -0.39 is 0 Å². The van der Waals surface area contributed by atoms with Crippen LogP contribution in [0.15, 0.2) is 67.5 Å². The number of fused-ring (bicyclic) bond motifs is 1. The number of rotatable bonds is 4. The Kier molecular flexibility index (Phi) is 4.10. The number of carbonyl (C=O) groups is 1. The highest BCUT2D eigenvalue weighted by atomic mass is 16.2. The van der Waals surface area contributed by atoms with Gasteiger partial charge < -0.3 is 15.2 Å². The minimum absolute atomic E-state index is 0.265. The van der Waals surface area contributed by atoms with Crippen molar-refractivity contribution >= 4 is 22.6 Å². The third kappa shape index (κ3) is 3.14. The standard InChI is InChI=1S/C19H18N6O/c1-24-9-6-14-4-5-16(11-17(14)24)23-19(26)22-12-15-3-2-7-21-18(15)25-10-8-20-13-25/h2-11,13H,12H2,1H3,(H2,22,23,26). The molecule has 0 radical (unpaired) electrons. The van der Waals surface area contributed by atoms with Crippen LogP contribution in [0.1, 0.15) is 5.56 Å². The molecular weight excluding hydrogens is 328 g/mol. The molecule has 130 valence electrons. The minimum atomic E-state index is -0.265. The minimum Gasteiger partial charge on any atom is -0.350 e. The molecule has 26 heavy (non-hydrogen) atoms. The van der Waals surface area contributed by atoms with Crippen molar-refractivity contribution in [2.24, 2.45) is 7.05 Å². The van der Waals surface area contributed by atoms with Crippen molar-refractivity contribution in [3.05, 3.63) is 73.1 Å². The Labute approximate surface area is 150 Å². The Bertz CT molecular complexity index is 1050. The number of anilines is 1. The maximum Gasteiger partial charge on any atom is 0.319 e. The second-order valence-corrected chi connectivity index (χ2v) is 5.96. The summed E-state index contributed by atoms with van der Waals surface area (Å²) >= 11 is 0. The third-order valence-corrected chi connectivity index (χ3v) is 4.20. The molecule has 0 unspecified atom stereocenters. The zero-order valence-electron chi connectivity index (χ0n) is 14.3. The average molecular weight is 346 g/mol. The van der Waals surface area contributed by atoms with Crippen molar-refractivity contribution in [2.75, 3.05) is 5.32 Å². The molecule has 0 bridgehead atoms. The number of amides is 2. The van der Waals surface area contributed by atoms with Gasteiger partial charge in [-0.05, 0) is 29.7 Å². The highest BCUT2D eigenvalue weighted by molar-refractivity contribution is 5.92. The van der Waals surface area contributed by atoms with Crippen molar-refractivity contribution in [2.45, 2.75) is 6.54 Å². The SMILES string of the molecule is Cn1ccc2ccc(NC(=O)NCc3cccnc3-n3ccnc3)cc21. The van der Waals surface area contributed by atoms with E-state index >= 15 is 0 Å². The molecule has 0 saturated heterocycles. The third-order valence-electron chi connectivity index (χ3n) is 4.20. The maximum atomic E-state index is 12.3. The van der Waals surface area contributed by atoms with Gasteiger partial charge in [0.1, 0.15) is 12.1 Å². The zero-order valence-corrected chi connectivity index (χ0v) is 14.3. The lowest BCUT2D eigenvalue weighted by Crippen LogP contribution is -2.28. The number of nitrogens with zero attached hydrogens (tertiary/aromatic N) is 4. The highest BCUT2D eigenvalue weighted by Gasteiger charge is 2.08. The van der Waals surface area contributed by atoms with Crippen molar-refractivity contribution in [1.82, 2.24) is 24.4 Å². The van der Waals surface area contributed by atoms with Gasteiger partial charge in [-0.2, -0.15) is 0 Å². The Morgan fingerprint density at radius 1 is 1.15 bits per heavy atom. The molecule has 7 heteroatoms. The average Bonchev–Trinajstić information content (AvgIpc) is 3.31. The van der Waals surface area contributed by atoms with E-state index in [2.05, 4.69) is 20.6 Å². The first-order valence-corrected chi connectivity index (χ1v) is 8.23. The normalized spacial score (nSPS) is 10.8. The van der Waals surface area contributed by atoms with E-state index in [0.717, 1.165) is 28.0 Å². The van der Waals surface area contributed by atoms with Crippen molar-refractivity contribution in [3.8, 4) is 5.82 Å². The van der Waals surface area contributed by atoms with Crippen LogP contribution in [0.4, 0.5) is 10.5 Å². The van der Waals surface area contributed by atoms with E-state index in [1.807, 2.05) is 65.0 Å². The van der Waals surface area contributed by atoms with Gasteiger partial charge in [-0.3, -0.25) is 4.57 Å². The van der Waals surface area contributed by atoms with Crippen LogP contribution in [0.2, 0.25) is 0 Å². The molecule has 3 aromatic heterocycles. The Morgan fingerprint density at radius 3 is 2.92 bits per heavy atom. The van der Waals surface area contributed by atoms with E-state index in [9.17, 15) is 4.79 Å². The van der Waals surface area contributed by atoms with E-state index in [-0.39, 0.29) is 6.03 Å². The second-order valence-electron chi connectivity index (χ2n) is 5.96. The Hall–Kier alpha value is -3.61. The summed E-state index contributed by atoms with van der Waals surface area (Å²) in [5.74, 6) is 0.746. The van der Waals surface area contributed by atoms with Gasteiger partial charge in [-0.15, -0.1) is 0 Å².